The summed E-state index contributed by atoms with van der Waals surface area (Å²) in [6, 6.07) is 8.68. The highest BCUT2D eigenvalue weighted by molar-refractivity contribution is 7.95. The summed E-state index contributed by atoms with van der Waals surface area (Å²) in [7, 11) is -3.22. The molecule has 0 heterocycles. The van der Waals surface area contributed by atoms with Crippen LogP contribution in [0.3, 0.4) is 0 Å². The van der Waals surface area contributed by atoms with Crippen molar-refractivity contribution in [3.8, 4) is 0 Å². The second-order valence-electron chi connectivity index (χ2n) is 4.37. The molecule has 0 bridgehead atoms. The summed E-state index contributed by atoms with van der Waals surface area (Å²) in [6.07, 6.45) is 4.41. The monoisotopic (exact) mass is 236 g/mol. The highest BCUT2D eigenvalue weighted by Gasteiger charge is 2.23. The van der Waals surface area contributed by atoms with Gasteiger partial charge in [-0.25, -0.2) is 8.42 Å². The smallest absolute Gasteiger partial charge is 0.202 e. The molecule has 1 aromatic rings. The molecule has 0 saturated carbocycles. The Hall–Kier alpha value is -1.09. The molecule has 0 aliphatic heterocycles. The first-order valence-electron chi connectivity index (χ1n) is 5.60. The largest absolute Gasteiger partial charge is 0.219 e. The van der Waals surface area contributed by atoms with Crippen LogP contribution in [0.4, 0.5) is 0 Å². The molecule has 0 spiro atoms. The fourth-order valence-corrected chi connectivity index (χ4v) is 3.46. The van der Waals surface area contributed by atoms with Crippen LogP contribution in [0.1, 0.15) is 26.2 Å². The van der Waals surface area contributed by atoms with Gasteiger partial charge in [-0.15, -0.1) is 0 Å². The molecule has 0 saturated heterocycles. The molecule has 0 N–H and O–H groups in total. The summed E-state index contributed by atoms with van der Waals surface area (Å²) in [5, 5.41) is 0. The second kappa shape index (κ2) is 4.42. The van der Waals surface area contributed by atoms with E-state index in [1.165, 1.54) is 0 Å². The van der Waals surface area contributed by atoms with Crippen molar-refractivity contribution in [2.75, 3.05) is 0 Å². The van der Waals surface area contributed by atoms with Crippen molar-refractivity contribution in [2.45, 2.75) is 31.1 Å². The molecule has 0 aromatic heterocycles. The van der Waals surface area contributed by atoms with Crippen molar-refractivity contribution < 1.29 is 8.42 Å². The van der Waals surface area contributed by atoms with Crippen LogP contribution in [0.2, 0.25) is 0 Å². The maximum absolute atomic E-state index is 12.2. The lowest BCUT2D eigenvalue weighted by molar-refractivity contribution is 0.517. The van der Waals surface area contributed by atoms with E-state index in [4.69, 9.17) is 0 Å². The molecule has 0 radical (unpaired) electrons. The minimum absolute atomic E-state index is 0.413. The van der Waals surface area contributed by atoms with Crippen LogP contribution in [0, 0.1) is 5.92 Å². The normalized spacial score (nSPS) is 21.6. The van der Waals surface area contributed by atoms with Gasteiger partial charge in [0.2, 0.25) is 9.84 Å². The molecule has 2 nitrogen and oxygen atoms in total. The number of benzene rings is 1. The molecule has 1 aliphatic rings. The van der Waals surface area contributed by atoms with Gasteiger partial charge in [0, 0.05) is 4.91 Å². The first kappa shape index (κ1) is 11.4. The van der Waals surface area contributed by atoms with Gasteiger partial charge in [0.25, 0.3) is 0 Å². The van der Waals surface area contributed by atoms with E-state index in [1.807, 2.05) is 12.1 Å². The maximum atomic E-state index is 12.2. The quantitative estimate of drug-likeness (QED) is 0.790. The topological polar surface area (TPSA) is 34.1 Å². The summed E-state index contributed by atoms with van der Waals surface area (Å²) in [5.41, 5.74) is 0. The Bertz CT molecular complexity index is 486. The second-order valence-corrected chi connectivity index (χ2v) is 6.37. The van der Waals surface area contributed by atoms with E-state index < -0.39 is 9.84 Å². The molecule has 3 heteroatoms. The highest BCUT2D eigenvalue weighted by atomic mass is 32.2. The van der Waals surface area contributed by atoms with Crippen LogP contribution >= 0.6 is 0 Å². The van der Waals surface area contributed by atoms with Gasteiger partial charge in [0.05, 0.1) is 4.90 Å². The molecule has 1 aromatic carbocycles. The third-order valence-electron chi connectivity index (χ3n) is 3.03. The molecule has 0 fully saturated rings. The number of sulfone groups is 1. The van der Waals surface area contributed by atoms with Gasteiger partial charge in [-0.3, -0.25) is 0 Å². The van der Waals surface area contributed by atoms with Crippen LogP contribution in [-0.4, -0.2) is 8.42 Å². The zero-order valence-corrected chi connectivity index (χ0v) is 10.2. The Labute approximate surface area is 96.9 Å². The molecule has 16 heavy (non-hydrogen) atoms. The van der Waals surface area contributed by atoms with Crippen LogP contribution in [0.15, 0.2) is 46.2 Å². The molecule has 1 unspecified atom stereocenters. The van der Waals surface area contributed by atoms with Gasteiger partial charge in [0.1, 0.15) is 0 Å². The van der Waals surface area contributed by atoms with Gasteiger partial charge in [-0.2, -0.15) is 0 Å². The van der Waals surface area contributed by atoms with E-state index in [1.54, 1.807) is 24.3 Å². The highest BCUT2D eigenvalue weighted by Crippen LogP contribution is 2.30. The number of hydrogen-bond donors (Lipinski definition) is 0. The van der Waals surface area contributed by atoms with Gasteiger partial charge in [-0.1, -0.05) is 31.2 Å². The van der Waals surface area contributed by atoms with Crippen molar-refractivity contribution in [1.82, 2.24) is 0 Å². The number of allylic oxidation sites excluding steroid dienone is 2. The molecular weight excluding hydrogens is 220 g/mol. The fourth-order valence-electron chi connectivity index (χ4n) is 1.94. The van der Waals surface area contributed by atoms with E-state index in [2.05, 4.69) is 6.92 Å². The van der Waals surface area contributed by atoms with Crippen molar-refractivity contribution >= 4 is 9.84 Å². The van der Waals surface area contributed by atoms with Crippen molar-refractivity contribution in [2.24, 2.45) is 5.92 Å². The van der Waals surface area contributed by atoms with Crippen molar-refractivity contribution in [3.05, 3.63) is 41.3 Å². The van der Waals surface area contributed by atoms with Crippen molar-refractivity contribution in [1.29, 1.82) is 0 Å². The van der Waals surface area contributed by atoms with Crippen LogP contribution in [0.5, 0.6) is 0 Å². The first-order valence-corrected chi connectivity index (χ1v) is 7.08. The minimum atomic E-state index is -3.22. The molecule has 0 amide bonds. The van der Waals surface area contributed by atoms with E-state index in [0.717, 1.165) is 12.8 Å². The van der Waals surface area contributed by atoms with Crippen molar-refractivity contribution in [3.63, 3.8) is 0 Å². The lowest BCUT2D eigenvalue weighted by Crippen LogP contribution is -2.10. The summed E-state index contributed by atoms with van der Waals surface area (Å²) < 4.78 is 24.5. The Kier molecular flexibility index (Phi) is 3.15. The Morgan fingerprint density at radius 3 is 2.44 bits per heavy atom. The van der Waals surface area contributed by atoms with Crippen LogP contribution < -0.4 is 0 Å². The number of rotatable bonds is 2. The number of hydrogen-bond acceptors (Lipinski definition) is 2. The molecule has 86 valence electrons. The average Bonchev–Trinajstić information content (AvgIpc) is 2.31. The third-order valence-corrected chi connectivity index (χ3v) is 4.98. The Morgan fingerprint density at radius 2 is 1.88 bits per heavy atom. The van der Waals surface area contributed by atoms with E-state index in [0.29, 0.717) is 22.1 Å². The first-order chi connectivity index (χ1) is 7.60. The Balaban J connectivity index is 2.34. The zero-order chi connectivity index (χ0) is 11.6. The summed E-state index contributed by atoms with van der Waals surface area (Å²) in [6.45, 7) is 2.16. The summed E-state index contributed by atoms with van der Waals surface area (Å²) >= 11 is 0. The molecule has 1 atom stereocenters. The predicted molar refractivity (Wildman–Crippen MR) is 64.7 cm³/mol. The predicted octanol–water partition coefficient (Wildman–Crippen LogP) is 3.16. The average molecular weight is 236 g/mol. The molecular formula is C13H16O2S. The maximum Gasteiger partial charge on any atom is 0.202 e. The van der Waals surface area contributed by atoms with E-state index >= 15 is 0 Å². The Morgan fingerprint density at radius 1 is 1.19 bits per heavy atom. The fraction of sp³-hybridized carbons (Fsp3) is 0.385. The lowest BCUT2D eigenvalue weighted by Gasteiger charge is -2.18. The van der Waals surface area contributed by atoms with Crippen LogP contribution in [-0.2, 0) is 9.84 Å². The molecule has 1 aliphatic carbocycles. The standard InChI is InChI=1S/C13H16O2S/c1-11-7-9-13(10-8-11)16(14,15)12-5-3-2-4-6-12/h2-6,9,11H,7-8,10H2,1H3. The SMILES string of the molecule is CC1CC=C(S(=O)(=O)c2ccccc2)CC1. The van der Waals surface area contributed by atoms with Gasteiger partial charge in [0.15, 0.2) is 0 Å². The zero-order valence-electron chi connectivity index (χ0n) is 9.39. The van der Waals surface area contributed by atoms with Gasteiger partial charge < -0.3 is 0 Å². The lowest BCUT2D eigenvalue weighted by atomic mass is 9.96. The summed E-state index contributed by atoms with van der Waals surface area (Å²) in [4.78, 5) is 1.01. The van der Waals surface area contributed by atoms with Gasteiger partial charge in [-0.05, 0) is 37.3 Å². The van der Waals surface area contributed by atoms with E-state index in [9.17, 15) is 8.42 Å². The molecule has 2 rings (SSSR count). The summed E-state index contributed by atoms with van der Waals surface area (Å²) in [5.74, 6) is 0.606. The van der Waals surface area contributed by atoms with Crippen LogP contribution in [0.25, 0.3) is 0 Å². The van der Waals surface area contributed by atoms with E-state index in [-0.39, 0.29) is 0 Å². The minimum Gasteiger partial charge on any atom is -0.219 e. The van der Waals surface area contributed by atoms with Gasteiger partial charge >= 0.3 is 0 Å². The third kappa shape index (κ3) is 2.19.